The maximum Gasteiger partial charge on any atom is 0.164 e. The third kappa shape index (κ3) is 2.16. The van der Waals surface area contributed by atoms with Crippen molar-refractivity contribution in [1.82, 2.24) is 14.5 Å². The number of rotatable bonds is 2. The summed E-state index contributed by atoms with van der Waals surface area (Å²) in [6.45, 7) is 0. The van der Waals surface area contributed by atoms with E-state index in [0.717, 1.165) is 28.2 Å². The molecule has 0 unspecified atom stereocenters. The summed E-state index contributed by atoms with van der Waals surface area (Å²) in [6, 6.07) is 22.5. The molecule has 0 aliphatic carbocycles. The van der Waals surface area contributed by atoms with Crippen molar-refractivity contribution < 1.29 is 0 Å². The molecule has 4 rings (SSSR count). The highest BCUT2D eigenvalue weighted by Gasteiger charge is 2.14. The number of benzene rings is 2. The van der Waals surface area contributed by atoms with E-state index < -0.39 is 0 Å². The van der Waals surface area contributed by atoms with Crippen LogP contribution in [0.15, 0.2) is 66.9 Å². The van der Waals surface area contributed by atoms with Crippen LogP contribution < -0.4 is 0 Å². The lowest BCUT2D eigenvalue weighted by molar-refractivity contribution is 1.07. The molecular weight excluding hydrogens is 294 g/mol. The molecule has 0 amide bonds. The largest absolute Gasteiger partial charge is 0.276 e. The smallest absolute Gasteiger partial charge is 0.164 e. The lowest BCUT2D eigenvalue weighted by Crippen LogP contribution is -1.98. The normalized spacial score (nSPS) is 11.0. The number of imidazole rings is 1. The molecule has 0 fully saturated rings. The Bertz CT molecular complexity index is 928. The first-order valence-electron chi connectivity index (χ1n) is 6.89. The predicted octanol–water partition coefficient (Wildman–Crippen LogP) is 4.54. The quantitative estimate of drug-likeness (QED) is 0.544. The van der Waals surface area contributed by atoms with Gasteiger partial charge in [0.05, 0.1) is 5.69 Å². The van der Waals surface area contributed by atoms with Crippen molar-refractivity contribution in [3.63, 3.8) is 0 Å². The van der Waals surface area contributed by atoms with E-state index in [2.05, 4.69) is 11.1 Å². The molecule has 0 N–H and O–H groups in total. The Morgan fingerprint density at radius 2 is 1.82 bits per heavy atom. The lowest BCUT2D eigenvalue weighted by atomic mass is 10.2. The fourth-order valence-corrected chi connectivity index (χ4v) is 2.58. The highest BCUT2D eigenvalue weighted by atomic mass is 35.5. The Morgan fingerprint density at radius 3 is 2.59 bits per heavy atom. The summed E-state index contributed by atoms with van der Waals surface area (Å²) < 4.78 is 2.01. The van der Waals surface area contributed by atoms with Gasteiger partial charge < -0.3 is 0 Å². The summed E-state index contributed by atoms with van der Waals surface area (Å²) in [6.07, 6.45) is 1.77. The van der Waals surface area contributed by atoms with Crippen molar-refractivity contribution >= 4 is 22.8 Å². The average molecular weight is 305 g/mol. The maximum absolute atomic E-state index is 5.99. The molecule has 3 nitrogen and oxygen atoms in total. The highest BCUT2D eigenvalue weighted by Crippen LogP contribution is 2.27. The number of nitrogens with zero attached hydrogens (tertiary/aromatic N) is 3. The molecule has 0 aliphatic rings. The standard InChI is InChI=1S/C18H11ClN3/c19-14-10-8-13(9-11-14)17-21-16-7-4-12-20-18(16)22(17)15-5-2-1-3-6-15/h1-5,7-12H. The van der Waals surface area contributed by atoms with Crippen molar-refractivity contribution in [2.24, 2.45) is 0 Å². The highest BCUT2D eigenvalue weighted by molar-refractivity contribution is 6.30. The zero-order valence-corrected chi connectivity index (χ0v) is 12.3. The van der Waals surface area contributed by atoms with Gasteiger partial charge in [-0.15, -0.1) is 0 Å². The van der Waals surface area contributed by atoms with Crippen LogP contribution in [-0.4, -0.2) is 14.5 Å². The predicted molar refractivity (Wildman–Crippen MR) is 88.1 cm³/mol. The molecule has 2 heterocycles. The van der Waals surface area contributed by atoms with E-state index in [4.69, 9.17) is 16.6 Å². The molecule has 2 aromatic heterocycles. The van der Waals surface area contributed by atoms with Crippen molar-refractivity contribution in [1.29, 1.82) is 0 Å². The lowest BCUT2D eigenvalue weighted by Gasteiger charge is -2.08. The Labute approximate surface area is 132 Å². The molecule has 105 valence electrons. The van der Waals surface area contributed by atoms with Crippen LogP contribution in [0.5, 0.6) is 0 Å². The zero-order valence-electron chi connectivity index (χ0n) is 11.6. The van der Waals surface area contributed by atoms with Crippen LogP contribution >= 0.6 is 11.6 Å². The third-order valence-electron chi connectivity index (χ3n) is 3.45. The van der Waals surface area contributed by atoms with Crippen LogP contribution in [0.2, 0.25) is 5.02 Å². The summed E-state index contributed by atoms with van der Waals surface area (Å²) in [4.78, 5) is 9.20. The number of para-hydroxylation sites is 1. The van der Waals surface area contributed by atoms with Gasteiger partial charge in [-0.05, 0) is 42.5 Å². The Balaban J connectivity index is 2.04. The van der Waals surface area contributed by atoms with E-state index in [0.29, 0.717) is 5.02 Å². The van der Waals surface area contributed by atoms with Crippen LogP contribution in [0.4, 0.5) is 0 Å². The number of pyridine rings is 1. The molecule has 0 atom stereocenters. The van der Waals surface area contributed by atoms with Crippen molar-refractivity contribution in [3.8, 4) is 17.1 Å². The third-order valence-corrected chi connectivity index (χ3v) is 3.70. The van der Waals surface area contributed by atoms with Gasteiger partial charge in [0, 0.05) is 22.8 Å². The van der Waals surface area contributed by atoms with Crippen molar-refractivity contribution in [3.05, 3.63) is 77.9 Å². The molecule has 1 radical (unpaired) electrons. The molecule has 0 saturated heterocycles. The van der Waals surface area contributed by atoms with Crippen LogP contribution in [-0.2, 0) is 0 Å². The van der Waals surface area contributed by atoms with Gasteiger partial charge in [0.15, 0.2) is 5.65 Å². The minimum atomic E-state index is 0.704. The van der Waals surface area contributed by atoms with Crippen molar-refractivity contribution in [2.45, 2.75) is 0 Å². The zero-order chi connectivity index (χ0) is 14.9. The van der Waals surface area contributed by atoms with Gasteiger partial charge in [-0.1, -0.05) is 29.8 Å². The van der Waals surface area contributed by atoms with Gasteiger partial charge in [0.2, 0.25) is 0 Å². The van der Waals surface area contributed by atoms with Crippen LogP contribution in [0.25, 0.3) is 28.2 Å². The first-order chi connectivity index (χ1) is 10.8. The fraction of sp³-hybridized carbons (Fsp3) is 0. The van der Waals surface area contributed by atoms with E-state index in [9.17, 15) is 0 Å². The molecule has 4 heteroatoms. The first kappa shape index (κ1) is 13.0. The van der Waals surface area contributed by atoms with E-state index in [1.54, 1.807) is 6.20 Å². The maximum atomic E-state index is 5.99. The summed E-state index contributed by atoms with van der Waals surface area (Å²) in [7, 11) is 0. The molecule has 0 bridgehead atoms. The van der Waals surface area contributed by atoms with Gasteiger partial charge >= 0.3 is 0 Å². The van der Waals surface area contributed by atoms with Gasteiger partial charge in [-0.3, -0.25) is 4.57 Å². The summed E-state index contributed by atoms with van der Waals surface area (Å²) in [5, 5.41) is 0.704. The second-order valence-corrected chi connectivity index (χ2v) is 5.31. The molecule has 0 saturated carbocycles. The Hall–Kier alpha value is -2.65. The molecule has 4 aromatic rings. The molecule has 2 aromatic carbocycles. The SMILES string of the molecule is Clc1ccc(-c2nc3cccnc3n2-c2[c]cccc2)cc1. The van der Waals surface area contributed by atoms with Gasteiger partial charge in [-0.2, -0.15) is 0 Å². The van der Waals surface area contributed by atoms with Gasteiger partial charge in [-0.25, -0.2) is 9.97 Å². The Kier molecular flexibility index (Phi) is 3.13. The monoisotopic (exact) mass is 304 g/mol. The number of hydrogen-bond acceptors (Lipinski definition) is 2. The topological polar surface area (TPSA) is 30.7 Å². The minimum absolute atomic E-state index is 0.704. The van der Waals surface area contributed by atoms with Crippen LogP contribution in [0.1, 0.15) is 0 Å². The van der Waals surface area contributed by atoms with E-state index in [1.165, 1.54) is 0 Å². The number of aromatic nitrogens is 3. The Morgan fingerprint density at radius 1 is 0.955 bits per heavy atom. The van der Waals surface area contributed by atoms with Gasteiger partial charge in [0.25, 0.3) is 0 Å². The minimum Gasteiger partial charge on any atom is -0.276 e. The number of fused-ring (bicyclic) bond motifs is 1. The number of halogens is 1. The first-order valence-corrected chi connectivity index (χ1v) is 7.27. The van der Waals surface area contributed by atoms with E-state index in [1.807, 2.05) is 65.2 Å². The molecule has 0 spiro atoms. The van der Waals surface area contributed by atoms with Crippen molar-refractivity contribution in [2.75, 3.05) is 0 Å². The second-order valence-electron chi connectivity index (χ2n) is 4.87. The molecule has 0 aliphatic heterocycles. The van der Waals surface area contributed by atoms with E-state index in [-0.39, 0.29) is 0 Å². The molecular formula is C18H11ClN3. The molecule has 22 heavy (non-hydrogen) atoms. The second kappa shape index (κ2) is 5.28. The average Bonchev–Trinajstić information content (AvgIpc) is 2.96. The fourth-order valence-electron chi connectivity index (χ4n) is 2.46. The summed E-state index contributed by atoms with van der Waals surface area (Å²) >= 11 is 5.99. The summed E-state index contributed by atoms with van der Waals surface area (Å²) in [5.74, 6) is 0.827. The van der Waals surface area contributed by atoms with Gasteiger partial charge in [0.1, 0.15) is 11.3 Å². The van der Waals surface area contributed by atoms with Crippen LogP contribution in [0, 0.1) is 6.07 Å². The van der Waals surface area contributed by atoms with E-state index >= 15 is 0 Å². The van der Waals surface area contributed by atoms with Crippen LogP contribution in [0.3, 0.4) is 0 Å². The summed E-state index contributed by atoms with van der Waals surface area (Å²) in [5.41, 5.74) is 3.56. The number of hydrogen-bond donors (Lipinski definition) is 0.